The lowest BCUT2D eigenvalue weighted by Gasteiger charge is -2.20. The summed E-state index contributed by atoms with van der Waals surface area (Å²) in [4.78, 5) is 15.6. The van der Waals surface area contributed by atoms with Crippen LogP contribution in [0.2, 0.25) is 0 Å². The molecule has 0 saturated heterocycles. The normalized spacial score (nSPS) is 13.2. The molecule has 11 rings (SSSR count). The molecule has 4 heteroatoms. The van der Waals surface area contributed by atoms with Gasteiger partial charge in [-0.15, -0.1) is 0 Å². The van der Waals surface area contributed by atoms with E-state index in [0.717, 1.165) is 55.3 Å². The van der Waals surface area contributed by atoms with Gasteiger partial charge in [0.05, 0.1) is 0 Å². The second kappa shape index (κ2) is 13.4. The summed E-state index contributed by atoms with van der Waals surface area (Å²) in [5, 5.41) is 2.20. The highest BCUT2D eigenvalue weighted by Gasteiger charge is 2.33. The van der Waals surface area contributed by atoms with Gasteiger partial charge in [0.1, 0.15) is 11.2 Å². The molecule has 1 atom stereocenters. The quantitative estimate of drug-likeness (QED) is 0.171. The average Bonchev–Trinajstić information content (AvgIpc) is 3.82. The van der Waals surface area contributed by atoms with Crippen LogP contribution in [0.1, 0.15) is 28.2 Å². The first kappa shape index (κ1) is 33.0. The number of para-hydroxylation sites is 1. The maximum Gasteiger partial charge on any atom is 0.164 e. The summed E-state index contributed by atoms with van der Waals surface area (Å²) < 4.78 is 6.22. The lowest BCUT2D eigenvalue weighted by atomic mass is 9.84. The minimum absolute atomic E-state index is 0.0527. The summed E-state index contributed by atoms with van der Waals surface area (Å²) >= 11 is 0. The van der Waals surface area contributed by atoms with Crippen LogP contribution in [-0.2, 0) is 0 Å². The highest BCUT2D eigenvalue weighted by atomic mass is 16.3. The predicted octanol–water partition coefficient (Wildman–Crippen LogP) is 13.6. The highest BCUT2D eigenvalue weighted by molar-refractivity contribution is 6.06. The van der Waals surface area contributed by atoms with Crippen molar-refractivity contribution < 1.29 is 4.42 Å². The zero-order chi connectivity index (χ0) is 37.9. The van der Waals surface area contributed by atoms with Crippen molar-refractivity contribution in [2.45, 2.75) is 12.8 Å². The van der Waals surface area contributed by atoms with Crippen molar-refractivity contribution in [2.24, 2.45) is 0 Å². The van der Waals surface area contributed by atoms with Gasteiger partial charge in [0.2, 0.25) is 0 Å². The van der Waals surface area contributed by atoms with Crippen molar-refractivity contribution in [3.63, 3.8) is 0 Å². The molecule has 1 aliphatic carbocycles. The van der Waals surface area contributed by atoms with Crippen LogP contribution in [-0.4, -0.2) is 15.0 Å². The molecule has 0 amide bonds. The van der Waals surface area contributed by atoms with E-state index in [1.54, 1.807) is 0 Å². The molecular weight excluding hydrogens is 695 g/mol. The van der Waals surface area contributed by atoms with Gasteiger partial charge in [-0.3, -0.25) is 0 Å². The molecule has 4 nitrogen and oxygen atoms in total. The van der Waals surface area contributed by atoms with Crippen molar-refractivity contribution in [1.82, 2.24) is 15.0 Å². The van der Waals surface area contributed by atoms with Crippen LogP contribution < -0.4 is 0 Å². The van der Waals surface area contributed by atoms with E-state index in [4.69, 9.17) is 19.4 Å². The predicted molar refractivity (Wildman–Crippen MR) is 232 cm³/mol. The molecule has 8 aromatic carbocycles. The van der Waals surface area contributed by atoms with Crippen molar-refractivity contribution in [3.8, 4) is 67.5 Å². The van der Waals surface area contributed by atoms with Crippen LogP contribution in [0.5, 0.6) is 0 Å². The molecule has 0 N–H and O–H groups in total. The number of nitrogens with zero attached hydrogens (tertiary/aromatic N) is 3. The van der Waals surface area contributed by atoms with E-state index in [9.17, 15) is 0 Å². The lowest BCUT2D eigenvalue weighted by molar-refractivity contribution is 0.669. The largest absolute Gasteiger partial charge is 0.456 e. The Bertz CT molecular complexity index is 3070. The van der Waals surface area contributed by atoms with Crippen LogP contribution in [0.15, 0.2) is 192 Å². The van der Waals surface area contributed by atoms with Crippen LogP contribution in [0.4, 0.5) is 0 Å². The highest BCUT2D eigenvalue weighted by Crippen LogP contribution is 2.51. The summed E-state index contributed by atoms with van der Waals surface area (Å²) in [6.45, 7) is 2.13. The van der Waals surface area contributed by atoms with Crippen LogP contribution >= 0.6 is 0 Å². The third kappa shape index (κ3) is 5.73. The van der Waals surface area contributed by atoms with Gasteiger partial charge in [0, 0.05) is 33.4 Å². The van der Waals surface area contributed by atoms with Crippen molar-refractivity contribution in [3.05, 3.63) is 210 Å². The molecule has 0 saturated carbocycles. The van der Waals surface area contributed by atoms with E-state index >= 15 is 0 Å². The zero-order valence-corrected chi connectivity index (χ0v) is 31.2. The minimum Gasteiger partial charge on any atom is -0.456 e. The van der Waals surface area contributed by atoms with Crippen molar-refractivity contribution in [1.29, 1.82) is 0 Å². The molecule has 0 bridgehead atoms. The van der Waals surface area contributed by atoms with Crippen LogP contribution in [0.25, 0.3) is 89.5 Å². The third-order valence-electron chi connectivity index (χ3n) is 11.3. The summed E-state index contributed by atoms with van der Waals surface area (Å²) in [7, 11) is 0. The maximum absolute atomic E-state index is 6.22. The molecule has 2 heterocycles. The number of furan rings is 1. The Labute approximate surface area is 330 Å². The number of hydrogen-bond acceptors (Lipinski definition) is 4. The van der Waals surface area contributed by atoms with Gasteiger partial charge in [0.25, 0.3) is 0 Å². The van der Waals surface area contributed by atoms with E-state index in [-0.39, 0.29) is 5.92 Å². The topological polar surface area (TPSA) is 51.8 Å². The number of fused-ring (bicyclic) bond motifs is 6. The molecule has 0 spiro atoms. The van der Waals surface area contributed by atoms with Gasteiger partial charge in [-0.25, -0.2) is 15.0 Å². The minimum atomic E-state index is -0.0527. The molecule has 2 aromatic heterocycles. The Balaban J connectivity index is 1.17. The molecular formula is C53H35N3O. The first-order valence-corrected chi connectivity index (χ1v) is 19.4. The fraction of sp³-hybridized carbons (Fsp3) is 0.0377. The molecule has 0 radical (unpaired) electrons. The van der Waals surface area contributed by atoms with Gasteiger partial charge >= 0.3 is 0 Å². The summed E-state index contributed by atoms with van der Waals surface area (Å²) in [5.41, 5.74) is 16.6. The Hall–Kier alpha value is -7.43. The van der Waals surface area contributed by atoms with Gasteiger partial charge in [-0.2, -0.15) is 0 Å². The molecule has 57 heavy (non-hydrogen) atoms. The Morgan fingerprint density at radius 3 is 1.67 bits per heavy atom. The first-order valence-electron chi connectivity index (χ1n) is 19.4. The summed E-state index contributed by atoms with van der Waals surface area (Å²) in [5.74, 6) is 1.85. The molecule has 0 fully saturated rings. The molecule has 1 unspecified atom stereocenters. The Kier molecular flexibility index (Phi) is 7.75. The average molecular weight is 730 g/mol. The fourth-order valence-corrected chi connectivity index (χ4v) is 8.48. The number of hydrogen-bond donors (Lipinski definition) is 0. The van der Waals surface area contributed by atoms with E-state index in [1.807, 2.05) is 48.5 Å². The van der Waals surface area contributed by atoms with Gasteiger partial charge < -0.3 is 4.42 Å². The van der Waals surface area contributed by atoms with Gasteiger partial charge in [-0.1, -0.05) is 163 Å². The second-order valence-electron chi connectivity index (χ2n) is 14.8. The monoisotopic (exact) mass is 729 g/mol. The molecule has 10 aromatic rings. The lowest BCUT2D eigenvalue weighted by Crippen LogP contribution is -2.06. The Morgan fingerprint density at radius 2 is 0.895 bits per heavy atom. The number of aryl methyl sites for hydroxylation is 1. The van der Waals surface area contributed by atoms with Crippen molar-refractivity contribution in [2.75, 3.05) is 0 Å². The fourth-order valence-electron chi connectivity index (χ4n) is 8.48. The standard InChI is InChI=1S/C53H35N3O/c1-33-20-22-34(23-21-33)37-24-27-41-40-16-8-9-18-43(40)50(46(41)31-37)44-28-25-38(39-26-29-49-45(30-39)42-17-10-11-19-48(42)57-49)32-47(44)53-55-51(35-12-4-2-5-13-35)54-52(56-53)36-14-6-3-7-15-36/h2-32,50H,1H3. The van der Waals surface area contributed by atoms with E-state index in [1.165, 1.54) is 38.9 Å². The number of aromatic nitrogens is 3. The van der Waals surface area contributed by atoms with Crippen LogP contribution in [0.3, 0.4) is 0 Å². The number of benzene rings is 8. The van der Waals surface area contributed by atoms with Gasteiger partial charge in [0.15, 0.2) is 17.5 Å². The smallest absolute Gasteiger partial charge is 0.164 e. The van der Waals surface area contributed by atoms with E-state index < -0.39 is 0 Å². The van der Waals surface area contributed by atoms with Crippen LogP contribution in [0, 0.1) is 6.92 Å². The third-order valence-corrected chi connectivity index (χ3v) is 11.3. The molecule has 268 valence electrons. The van der Waals surface area contributed by atoms with E-state index in [0.29, 0.717) is 17.5 Å². The molecule has 1 aliphatic rings. The summed E-state index contributed by atoms with van der Waals surface area (Å²) in [6, 6.07) is 66.5. The maximum atomic E-state index is 6.22. The van der Waals surface area contributed by atoms with Crippen molar-refractivity contribution >= 4 is 21.9 Å². The zero-order valence-electron chi connectivity index (χ0n) is 31.2. The van der Waals surface area contributed by atoms with Gasteiger partial charge in [-0.05, 0) is 87.3 Å². The van der Waals surface area contributed by atoms with E-state index in [2.05, 4.69) is 146 Å². The first-order chi connectivity index (χ1) is 28.1. The summed E-state index contributed by atoms with van der Waals surface area (Å²) in [6.07, 6.45) is 0. The SMILES string of the molecule is Cc1ccc(-c2ccc3c(c2)C(c2ccc(-c4ccc5oc6ccccc6c5c4)cc2-c2nc(-c4ccccc4)nc(-c4ccccc4)n2)c2ccccc2-3)cc1. The molecule has 0 aliphatic heterocycles. The second-order valence-corrected chi connectivity index (χ2v) is 14.8. The Morgan fingerprint density at radius 1 is 0.351 bits per heavy atom. The number of rotatable bonds is 6.